The highest BCUT2D eigenvalue weighted by Crippen LogP contribution is 2.20. The van der Waals surface area contributed by atoms with E-state index in [0.717, 1.165) is 5.56 Å². The maximum atomic E-state index is 13.3. The van der Waals surface area contributed by atoms with Gasteiger partial charge in [0.15, 0.2) is 0 Å². The third-order valence-electron chi connectivity index (χ3n) is 4.85. The molecular weight excluding hydrogens is 416 g/mol. The number of hydrogen-bond acceptors (Lipinski definition) is 5. The van der Waals surface area contributed by atoms with E-state index in [1.54, 1.807) is 12.1 Å². The molecule has 2 atom stereocenters. The van der Waals surface area contributed by atoms with Crippen LogP contribution in [-0.4, -0.2) is 54.1 Å². The molecule has 0 aromatic heterocycles. The molecule has 0 aliphatic rings. The molecule has 2 rings (SSSR count). The van der Waals surface area contributed by atoms with Crippen LogP contribution in [-0.2, 0) is 27.8 Å². The molecule has 0 aliphatic heterocycles. The summed E-state index contributed by atoms with van der Waals surface area (Å²) >= 11 is 0. The molecule has 0 spiro atoms. The number of aliphatic hydroxyl groups is 2. The van der Waals surface area contributed by atoms with Crippen LogP contribution in [0.15, 0.2) is 59.5 Å². The Labute approximate surface area is 184 Å². The molecule has 0 heterocycles. The quantitative estimate of drug-likeness (QED) is 0.487. The highest BCUT2D eigenvalue weighted by Gasteiger charge is 2.31. The number of nitrogens with one attached hydrogen (secondary N) is 1. The van der Waals surface area contributed by atoms with Gasteiger partial charge < -0.3 is 15.5 Å². The topological polar surface area (TPSA) is 107 Å². The fraction of sp³-hybridized carbons (Fsp3) is 0.435. The van der Waals surface area contributed by atoms with E-state index < -0.39 is 22.2 Å². The van der Waals surface area contributed by atoms with Crippen molar-refractivity contribution in [3.05, 3.63) is 65.7 Å². The summed E-state index contributed by atoms with van der Waals surface area (Å²) in [6.07, 6.45) is -0.725. The lowest BCUT2D eigenvalue weighted by Gasteiger charge is -2.30. The zero-order valence-corrected chi connectivity index (χ0v) is 19.0. The Morgan fingerprint density at radius 2 is 1.61 bits per heavy atom. The smallest absolute Gasteiger partial charge is 0.243 e. The molecule has 0 unspecified atom stereocenters. The molecule has 2 aromatic carbocycles. The SMILES string of the molecule is CC(=O)N[C@@H](Cc1ccccc1)[C@H](O)CN(CC(C)C)S(=O)(=O)c1ccc(CO)cc1. The monoisotopic (exact) mass is 448 g/mol. The Bertz CT molecular complexity index is 930. The van der Waals surface area contributed by atoms with Gasteiger partial charge in [-0.15, -0.1) is 0 Å². The predicted octanol–water partition coefficient (Wildman–Crippen LogP) is 1.93. The van der Waals surface area contributed by atoms with Gasteiger partial charge in [0.1, 0.15) is 0 Å². The molecule has 0 radical (unpaired) electrons. The van der Waals surface area contributed by atoms with Gasteiger partial charge in [-0.3, -0.25) is 4.79 Å². The minimum Gasteiger partial charge on any atom is -0.392 e. The summed E-state index contributed by atoms with van der Waals surface area (Å²) in [5.74, 6) is -0.259. The summed E-state index contributed by atoms with van der Waals surface area (Å²) in [6, 6.07) is 14.8. The number of nitrogens with zero attached hydrogens (tertiary/aromatic N) is 1. The number of sulfonamides is 1. The van der Waals surface area contributed by atoms with E-state index in [1.807, 2.05) is 44.2 Å². The van der Waals surface area contributed by atoms with E-state index in [2.05, 4.69) is 5.32 Å². The van der Waals surface area contributed by atoms with E-state index in [0.29, 0.717) is 12.0 Å². The molecule has 0 saturated carbocycles. The Morgan fingerprint density at radius 1 is 1.00 bits per heavy atom. The molecule has 8 heteroatoms. The second kappa shape index (κ2) is 11.4. The number of carbonyl (C=O) groups excluding carboxylic acids is 1. The molecule has 170 valence electrons. The molecule has 3 N–H and O–H groups in total. The Hall–Kier alpha value is -2.26. The molecular formula is C23H32N2O5S. The highest BCUT2D eigenvalue weighted by atomic mass is 32.2. The second-order valence-electron chi connectivity index (χ2n) is 8.08. The number of aliphatic hydroxyl groups excluding tert-OH is 2. The van der Waals surface area contributed by atoms with Crippen molar-refractivity contribution in [3.8, 4) is 0 Å². The second-order valence-corrected chi connectivity index (χ2v) is 10.0. The summed E-state index contributed by atoms with van der Waals surface area (Å²) in [7, 11) is -3.87. The van der Waals surface area contributed by atoms with Crippen LogP contribution < -0.4 is 5.32 Å². The zero-order valence-electron chi connectivity index (χ0n) is 18.2. The Morgan fingerprint density at radius 3 is 2.13 bits per heavy atom. The summed E-state index contributed by atoms with van der Waals surface area (Å²) < 4.78 is 27.8. The minimum atomic E-state index is -3.87. The average molecular weight is 449 g/mol. The van der Waals surface area contributed by atoms with Gasteiger partial charge in [0, 0.05) is 20.0 Å². The molecule has 0 aliphatic carbocycles. The van der Waals surface area contributed by atoms with Crippen molar-refractivity contribution < 1.29 is 23.4 Å². The van der Waals surface area contributed by atoms with Gasteiger partial charge in [-0.05, 0) is 35.6 Å². The molecule has 1 amide bonds. The number of hydrogen-bond donors (Lipinski definition) is 3. The largest absolute Gasteiger partial charge is 0.392 e. The number of carbonyl (C=O) groups is 1. The van der Waals surface area contributed by atoms with E-state index in [4.69, 9.17) is 0 Å². The van der Waals surface area contributed by atoms with Gasteiger partial charge in [0.05, 0.1) is 23.6 Å². The molecule has 7 nitrogen and oxygen atoms in total. The van der Waals surface area contributed by atoms with Gasteiger partial charge in [-0.25, -0.2) is 8.42 Å². The lowest BCUT2D eigenvalue weighted by atomic mass is 10.0. The van der Waals surface area contributed by atoms with Gasteiger partial charge >= 0.3 is 0 Å². The fourth-order valence-corrected chi connectivity index (χ4v) is 4.96. The Kier molecular flexibility index (Phi) is 9.18. The van der Waals surface area contributed by atoms with Gasteiger partial charge in [-0.2, -0.15) is 4.31 Å². The summed E-state index contributed by atoms with van der Waals surface area (Å²) in [5, 5.41) is 22.9. The molecule has 0 saturated heterocycles. The minimum absolute atomic E-state index is 0.0343. The standard InChI is InChI=1S/C23H32N2O5S/c1-17(2)14-25(31(29,30)21-11-9-20(16-26)10-12-21)15-23(28)22(24-18(3)27)13-19-7-5-4-6-8-19/h4-12,17,22-23,26,28H,13-16H2,1-3H3,(H,24,27)/t22-,23+/m0/s1. The van der Waals surface area contributed by atoms with E-state index in [-0.39, 0.29) is 36.4 Å². The first-order valence-corrected chi connectivity index (χ1v) is 11.8. The van der Waals surface area contributed by atoms with Crippen LogP contribution in [0.25, 0.3) is 0 Å². The van der Waals surface area contributed by atoms with Crippen molar-refractivity contribution in [1.82, 2.24) is 9.62 Å². The lowest BCUT2D eigenvalue weighted by molar-refractivity contribution is -0.120. The van der Waals surface area contributed by atoms with Crippen LogP contribution in [0.1, 0.15) is 31.9 Å². The summed E-state index contributed by atoms with van der Waals surface area (Å²) in [4.78, 5) is 11.8. The maximum absolute atomic E-state index is 13.3. The van der Waals surface area contributed by atoms with Gasteiger partial charge in [0.25, 0.3) is 0 Å². The third kappa shape index (κ3) is 7.43. The molecule has 31 heavy (non-hydrogen) atoms. The van der Waals surface area contributed by atoms with E-state index in [9.17, 15) is 23.4 Å². The van der Waals surface area contributed by atoms with Gasteiger partial charge in [-0.1, -0.05) is 56.3 Å². The van der Waals surface area contributed by atoms with Crippen molar-refractivity contribution in [3.63, 3.8) is 0 Å². The van der Waals surface area contributed by atoms with Crippen LogP contribution in [0.5, 0.6) is 0 Å². The fourth-order valence-electron chi connectivity index (χ4n) is 3.34. The van der Waals surface area contributed by atoms with Crippen molar-refractivity contribution >= 4 is 15.9 Å². The van der Waals surface area contributed by atoms with Crippen LogP contribution >= 0.6 is 0 Å². The van der Waals surface area contributed by atoms with Gasteiger partial charge in [0.2, 0.25) is 15.9 Å². The van der Waals surface area contributed by atoms with Crippen LogP contribution in [0.3, 0.4) is 0 Å². The maximum Gasteiger partial charge on any atom is 0.243 e. The first kappa shape index (κ1) is 25.0. The van der Waals surface area contributed by atoms with Crippen molar-refractivity contribution in [2.75, 3.05) is 13.1 Å². The summed E-state index contributed by atoms with van der Waals surface area (Å²) in [6.45, 7) is 5.07. The van der Waals surface area contributed by atoms with Crippen LogP contribution in [0.2, 0.25) is 0 Å². The van der Waals surface area contributed by atoms with E-state index >= 15 is 0 Å². The molecule has 2 aromatic rings. The third-order valence-corrected chi connectivity index (χ3v) is 6.70. The van der Waals surface area contributed by atoms with Crippen LogP contribution in [0.4, 0.5) is 0 Å². The average Bonchev–Trinajstić information content (AvgIpc) is 2.73. The zero-order chi connectivity index (χ0) is 23.0. The van der Waals surface area contributed by atoms with Crippen molar-refractivity contribution in [1.29, 1.82) is 0 Å². The van der Waals surface area contributed by atoms with Crippen LogP contribution in [0, 0.1) is 5.92 Å². The Balaban J connectivity index is 2.27. The first-order chi connectivity index (χ1) is 14.6. The molecule has 0 fully saturated rings. The number of benzene rings is 2. The highest BCUT2D eigenvalue weighted by molar-refractivity contribution is 7.89. The number of rotatable bonds is 11. The van der Waals surface area contributed by atoms with Crippen molar-refractivity contribution in [2.24, 2.45) is 5.92 Å². The lowest BCUT2D eigenvalue weighted by Crippen LogP contribution is -2.50. The number of amides is 1. The van der Waals surface area contributed by atoms with E-state index in [1.165, 1.54) is 23.4 Å². The first-order valence-electron chi connectivity index (χ1n) is 10.3. The van der Waals surface area contributed by atoms with Crippen molar-refractivity contribution in [2.45, 2.75) is 50.8 Å². The summed E-state index contributed by atoms with van der Waals surface area (Å²) in [5.41, 5.74) is 1.54. The molecule has 0 bridgehead atoms. The predicted molar refractivity (Wildman–Crippen MR) is 120 cm³/mol. The normalized spacial score (nSPS) is 13.9.